The molecule has 0 saturated heterocycles. The minimum absolute atomic E-state index is 0.304. The number of aliphatic imine (C=N–C) groups is 1. The van der Waals surface area contributed by atoms with Gasteiger partial charge in [0.1, 0.15) is 0 Å². The van der Waals surface area contributed by atoms with Gasteiger partial charge in [-0.25, -0.2) is 0 Å². The SMILES string of the molecule is CCNC(=NCC(O)c1ccc(Cl)cc1)N(C)Cc1ccsc1. The number of nitrogens with one attached hydrogen (secondary N) is 1. The largest absolute Gasteiger partial charge is 0.386 e. The molecular weight excluding hydrogens is 330 g/mol. The van der Waals surface area contributed by atoms with Gasteiger partial charge in [0.25, 0.3) is 0 Å². The Morgan fingerprint density at radius 3 is 2.70 bits per heavy atom. The van der Waals surface area contributed by atoms with Crippen LogP contribution in [0, 0.1) is 0 Å². The van der Waals surface area contributed by atoms with Crippen LogP contribution in [-0.4, -0.2) is 36.1 Å². The molecule has 0 saturated carbocycles. The van der Waals surface area contributed by atoms with Crippen LogP contribution < -0.4 is 5.32 Å². The van der Waals surface area contributed by atoms with Crippen LogP contribution in [0.3, 0.4) is 0 Å². The van der Waals surface area contributed by atoms with Gasteiger partial charge in [-0.1, -0.05) is 23.7 Å². The Morgan fingerprint density at radius 2 is 2.09 bits per heavy atom. The Labute approximate surface area is 146 Å². The van der Waals surface area contributed by atoms with Crippen LogP contribution >= 0.6 is 22.9 Å². The second kappa shape index (κ2) is 8.91. The van der Waals surface area contributed by atoms with E-state index in [9.17, 15) is 5.11 Å². The summed E-state index contributed by atoms with van der Waals surface area (Å²) in [5.41, 5.74) is 2.07. The fraction of sp³-hybridized carbons (Fsp3) is 0.353. The molecule has 0 aliphatic heterocycles. The molecule has 0 radical (unpaired) electrons. The molecule has 4 nitrogen and oxygen atoms in total. The van der Waals surface area contributed by atoms with E-state index in [0.29, 0.717) is 11.6 Å². The number of thiophene rings is 1. The number of nitrogens with zero attached hydrogens (tertiary/aromatic N) is 2. The summed E-state index contributed by atoms with van der Waals surface area (Å²) in [5, 5.41) is 18.4. The first kappa shape index (κ1) is 17.8. The number of hydrogen-bond acceptors (Lipinski definition) is 3. The molecular formula is C17H22ClN3OS. The third-order valence-electron chi connectivity index (χ3n) is 3.37. The van der Waals surface area contributed by atoms with Crippen LogP contribution in [0.5, 0.6) is 0 Å². The average Bonchev–Trinajstić information content (AvgIpc) is 3.04. The first-order valence-corrected chi connectivity index (χ1v) is 8.86. The van der Waals surface area contributed by atoms with Gasteiger partial charge in [-0.05, 0) is 47.0 Å². The second-order valence-electron chi connectivity index (χ2n) is 5.25. The molecule has 2 aromatic rings. The number of halogens is 1. The Morgan fingerprint density at radius 1 is 1.35 bits per heavy atom. The lowest BCUT2D eigenvalue weighted by Gasteiger charge is -2.22. The van der Waals surface area contributed by atoms with Gasteiger partial charge in [-0.15, -0.1) is 0 Å². The molecule has 1 aromatic heterocycles. The summed E-state index contributed by atoms with van der Waals surface area (Å²) in [6, 6.07) is 9.30. The van der Waals surface area contributed by atoms with E-state index in [4.69, 9.17) is 11.6 Å². The summed E-state index contributed by atoms with van der Waals surface area (Å²) in [7, 11) is 1.99. The number of rotatable bonds is 6. The molecule has 23 heavy (non-hydrogen) atoms. The van der Waals surface area contributed by atoms with Crippen LogP contribution in [0.2, 0.25) is 5.02 Å². The summed E-state index contributed by atoms with van der Waals surface area (Å²) >= 11 is 7.55. The summed E-state index contributed by atoms with van der Waals surface area (Å²) in [4.78, 5) is 6.60. The fourth-order valence-electron chi connectivity index (χ4n) is 2.16. The van der Waals surface area contributed by atoms with Crippen LogP contribution in [-0.2, 0) is 6.54 Å². The molecule has 0 aliphatic rings. The lowest BCUT2D eigenvalue weighted by Crippen LogP contribution is -2.38. The number of hydrogen-bond donors (Lipinski definition) is 2. The second-order valence-corrected chi connectivity index (χ2v) is 6.47. The van der Waals surface area contributed by atoms with E-state index in [-0.39, 0.29) is 0 Å². The molecule has 2 rings (SSSR count). The van der Waals surface area contributed by atoms with Gasteiger partial charge in [-0.2, -0.15) is 11.3 Å². The van der Waals surface area contributed by atoms with Gasteiger partial charge < -0.3 is 15.3 Å². The summed E-state index contributed by atoms with van der Waals surface area (Å²) < 4.78 is 0. The fourth-order valence-corrected chi connectivity index (χ4v) is 2.95. The Kier molecular flexibility index (Phi) is 6.89. The zero-order valence-corrected chi connectivity index (χ0v) is 14.9. The van der Waals surface area contributed by atoms with Crippen molar-refractivity contribution in [2.45, 2.75) is 19.6 Å². The third kappa shape index (κ3) is 5.53. The predicted octanol–water partition coefficient (Wildman–Crippen LogP) is 3.53. The molecule has 1 aromatic carbocycles. The molecule has 124 valence electrons. The van der Waals surface area contributed by atoms with Crippen molar-refractivity contribution in [3.05, 3.63) is 57.2 Å². The van der Waals surface area contributed by atoms with Crippen molar-refractivity contribution < 1.29 is 5.11 Å². The maximum Gasteiger partial charge on any atom is 0.194 e. The van der Waals surface area contributed by atoms with E-state index in [1.54, 1.807) is 23.5 Å². The minimum atomic E-state index is -0.643. The van der Waals surface area contributed by atoms with Crippen LogP contribution in [0.1, 0.15) is 24.2 Å². The Bertz CT molecular complexity index is 613. The van der Waals surface area contributed by atoms with Gasteiger partial charge in [-0.3, -0.25) is 4.99 Å². The van der Waals surface area contributed by atoms with Crippen LogP contribution in [0.15, 0.2) is 46.1 Å². The van der Waals surface area contributed by atoms with E-state index in [0.717, 1.165) is 24.6 Å². The summed E-state index contributed by atoms with van der Waals surface area (Å²) in [5.74, 6) is 0.784. The van der Waals surface area contributed by atoms with Crippen molar-refractivity contribution >= 4 is 28.9 Å². The van der Waals surface area contributed by atoms with Crippen molar-refractivity contribution in [3.63, 3.8) is 0 Å². The van der Waals surface area contributed by atoms with Crippen molar-refractivity contribution in [3.8, 4) is 0 Å². The lowest BCUT2D eigenvalue weighted by molar-refractivity contribution is 0.186. The van der Waals surface area contributed by atoms with Crippen molar-refractivity contribution in [1.29, 1.82) is 0 Å². The molecule has 0 spiro atoms. The molecule has 0 bridgehead atoms. The molecule has 0 aliphatic carbocycles. The molecule has 0 amide bonds. The highest BCUT2D eigenvalue weighted by molar-refractivity contribution is 7.07. The highest BCUT2D eigenvalue weighted by Gasteiger charge is 2.10. The van der Waals surface area contributed by atoms with E-state index in [1.807, 2.05) is 26.1 Å². The van der Waals surface area contributed by atoms with E-state index in [1.165, 1.54) is 5.56 Å². The first-order chi connectivity index (χ1) is 11.1. The molecule has 1 atom stereocenters. The standard InChI is InChI=1S/C17H22ClN3OS/c1-3-19-17(21(2)11-13-8-9-23-12-13)20-10-16(22)14-4-6-15(18)7-5-14/h4-9,12,16,22H,3,10-11H2,1-2H3,(H,19,20). The van der Waals surface area contributed by atoms with Gasteiger partial charge in [0.2, 0.25) is 0 Å². The number of aliphatic hydroxyl groups excluding tert-OH is 1. The first-order valence-electron chi connectivity index (χ1n) is 7.54. The van der Waals surface area contributed by atoms with Crippen LogP contribution in [0.25, 0.3) is 0 Å². The Hall–Kier alpha value is -1.56. The van der Waals surface area contributed by atoms with Gasteiger partial charge in [0.05, 0.1) is 12.6 Å². The van der Waals surface area contributed by atoms with Gasteiger partial charge in [0.15, 0.2) is 5.96 Å². The summed E-state index contributed by atoms with van der Waals surface area (Å²) in [6.07, 6.45) is -0.643. The maximum atomic E-state index is 10.3. The average molecular weight is 352 g/mol. The topological polar surface area (TPSA) is 47.9 Å². The quantitative estimate of drug-likeness (QED) is 0.618. The van der Waals surface area contributed by atoms with E-state index >= 15 is 0 Å². The smallest absolute Gasteiger partial charge is 0.194 e. The molecule has 6 heteroatoms. The number of benzene rings is 1. The zero-order valence-electron chi connectivity index (χ0n) is 13.4. The van der Waals surface area contributed by atoms with Crippen molar-refractivity contribution in [1.82, 2.24) is 10.2 Å². The maximum absolute atomic E-state index is 10.3. The molecule has 2 N–H and O–H groups in total. The highest BCUT2D eigenvalue weighted by Crippen LogP contribution is 2.17. The number of aliphatic hydroxyl groups is 1. The normalized spacial score (nSPS) is 13.0. The van der Waals surface area contributed by atoms with E-state index < -0.39 is 6.10 Å². The van der Waals surface area contributed by atoms with Crippen molar-refractivity contribution in [2.24, 2.45) is 4.99 Å². The summed E-state index contributed by atoms with van der Waals surface area (Å²) in [6.45, 7) is 3.90. The van der Waals surface area contributed by atoms with Gasteiger partial charge >= 0.3 is 0 Å². The molecule has 0 fully saturated rings. The highest BCUT2D eigenvalue weighted by atomic mass is 35.5. The molecule has 1 heterocycles. The monoisotopic (exact) mass is 351 g/mol. The van der Waals surface area contributed by atoms with E-state index in [2.05, 4.69) is 32.0 Å². The third-order valence-corrected chi connectivity index (χ3v) is 4.35. The predicted molar refractivity (Wildman–Crippen MR) is 98.2 cm³/mol. The number of guanidine groups is 1. The lowest BCUT2D eigenvalue weighted by atomic mass is 10.1. The Balaban J connectivity index is 2.01. The van der Waals surface area contributed by atoms with Crippen molar-refractivity contribution in [2.75, 3.05) is 20.1 Å². The molecule has 1 unspecified atom stereocenters. The van der Waals surface area contributed by atoms with Gasteiger partial charge in [0, 0.05) is 25.2 Å². The zero-order chi connectivity index (χ0) is 16.7. The van der Waals surface area contributed by atoms with Crippen LogP contribution in [0.4, 0.5) is 0 Å². The minimum Gasteiger partial charge on any atom is -0.386 e.